The highest BCUT2D eigenvalue weighted by Crippen LogP contribution is 2.29. The van der Waals surface area contributed by atoms with E-state index in [1.165, 1.54) is 16.7 Å². The zero-order chi connectivity index (χ0) is 19.0. The lowest BCUT2D eigenvalue weighted by Crippen LogP contribution is -2.40. The van der Waals surface area contributed by atoms with Gasteiger partial charge in [-0.05, 0) is 26.3 Å². The first-order valence-corrected chi connectivity index (χ1v) is 9.61. The smallest absolute Gasteiger partial charge is 0.325 e. The molecule has 2 aromatic heterocycles. The van der Waals surface area contributed by atoms with E-state index >= 15 is 0 Å². The number of carbonyl (C=O) groups is 2. The van der Waals surface area contributed by atoms with Crippen molar-refractivity contribution in [3.05, 3.63) is 30.5 Å². The van der Waals surface area contributed by atoms with Gasteiger partial charge in [0.15, 0.2) is 0 Å². The van der Waals surface area contributed by atoms with Crippen LogP contribution >= 0.6 is 11.8 Å². The summed E-state index contributed by atoms with van der Waals surface area (Å²) in [4.78, 5) is 28.4. The zero-order valence-electron chi connectivity index (χ0n) is 15.0. The Labute approximate surface area is 159 Å². The van der Waals surface area contributed by atoms with Crippen molar-refractivity contribution in [1.29, 1.82) is 0 Å². The van der Waals surface area contributed by atoms with Crippen LogP contribution in [0.4, 0.5) is 4.79 Å². The number of amides is 3. The normalized spacial score (nSPS) is 16.3. The summed E-state index contributed by atoms with van der Waals surface area (Å²) >= 11 is 1.41. The minimum Gasteiger partial charge on any atom is -0.411 e. The molecule has 0 bridgehead atoms. The number of benzene rings is 1. The van der Waals surface area contributed by atoms with Gasteiger partial charge in [-0.15, -0.1) is 10.2 Å². The van der Waals surface area contributed by atoms with Crippen LogP contribution in [0.1, 0.15) is 20.3 Å². The van der Waals surface area contributed by atoms with Gasteiger partial charge in [-0.25, -0.2) is 4.79 Å². The Morgan fingerprint density at radius 2 is 2.04 bits per heavy atom. The Kier molecular flexibility index (Phi) is 4.39. The molecule has 1 fully saturated rings. The molecule has 140 valence electrons. The van der Waals surface area contributed by atoms with Gasteiger partial charge in [-0.2, -0.15) is 0 Å². The van der Waals surface area contributed by atoms with Crippen molar-refractivity contribution < 1.29 is 14.0 Å². The number of imide groups is 1. The van der Waals surface area contributed by atoms with E-state index in [0.717, 1.165) is 16.5 Å². The predicted octanol–water partition coefficient (Wildman–Crippen LogP) is 3.03. The second-order valence-corrected chi connectivity index (χ2v) is 7.88. The van der Waals surface area contributed by atoms with Crippen LogP contribution in [0.2, 0.25) is 0 Å². The summed E-state index contributed by atoms with van der Waals surface area (Å²) in [5.41, 5.74) is 1.05. The molecule has 1 saturated heterocycles. The fourth-order valence-corrected chi connectivity index (χ4v) is 3.71. The van der Waals surface area contributed by atoms with Gasteiger partial charge in [0.2, 0.25) is 0 Å². The maximum absolute atomic E-state index is 12.1. The number of thioether (sulfide) groups is 1. The van der Waals surface area contributed by atoms with Gasteiger partial charge < -0.3 is 14.7 Å². The van der Waals surface area contributed by atoms with E-state index in [4.69, 9.17) is 4.42 Å². The molecule has 4 rings (SSSR count). The molecule has 27 heavy (non-hydrogen) atoms. The SMILES string of the molecule is CC1(C)NC(=O)N(CCCSc2nnc(-c3c[nH]c4ccccc34)o2)C1=O. The summed E-state index contributed by atoms with van der Waals surface area (Å²) in [6, 6.07) is 7.57. The lowest BCUT2D eigenvalue weighted by atomic mass is 10.1. The lowest BCUT2D eigenvalue weighted by Gasteiger charge is -2.15. The standard InChI is InChI=1S/C18H19N5O3S/c1-18(2)15(24)23(16(25)20-18)8-5-9-27-17-22-21-14(26-17)12-10-19-13-7-4-3-6-11(12)13/h3-4,6-7,10,19H,5,8-9H2,1-2H3,(H,20,25). The summed E-state index contributed by atoms with van der Waals surface area (Å²) < 4.78 is 5.74. The molecule has 3 amide bonds. The number of carbonyl (C=O) groups excluding carboxylic acids is 2. The van der Waals surface area contributed by atoms with E-state index in [1.54, 1.807) is 13.8 Å². The number of nitrogens with zero attached hydrogens (tertiary/aromatic N) is 3. The van der Waals surface area contributed by atoms with Crippen molar-refractivity contribution in [2.24, 2.45) is 0 Å². The molecular weight excluding hydrogens is 366 g/mol. The number of hydrogen-bond acceptors (Lipinski definition) is 6. The molecule has 8 nitrogen and oxygen atoms in total. The average molecular weight is 385 g/mol. The van der Waals surface area contributed by atoms with E-state index in [-0.39, 0.29) is 11.9 Å². The Bertz CT molecular complexity index is 1010. The highest BCUT2D eigenvalue weighted by Gasteiger charge is 2.43. The highest BCUT2D eigenvalue weighted by molar-refractivity contribution is 7.99. The molecule has 0 atom stereocenters. The number of aromatic amines is 1. The zero-order valence-corrected chi connectivity index (χ0v) is 15.8. The molecule has 9 heteroatoms. The van der Waals surface area contributed by atoms with E-state index < -0.39 is 5.54 Å². The fraction of sp³-hybridized carbons (Fsp3) is 0.333. The van der Waals surface area contributed by atoms with E-state index in [0.29, 0.717) is 29.8 Å². The summed E-state index contributed by atoms with van der Waals surface area (Å²) in [5, 5.41) is 12.4. The molecule has 1 aliphatic heterocycles. The van der Waals surface area contributed by atoms with Crippen molar-refractivity contribution >= 4 is 34.6 Å². The van der Waals surface area contributed by atoms with Crippen LogP contribution in [-0.4, -0.2) is 49.9 Å². The number of nitrogens with one attached hydrogen (secondary N) is 2. The molecule has 0 radical (unpaired) electrons. The topological polar surface area (TPSA) is 104 Å². The highest BCUT2D eigenvalue weighted by atomic mass is 32.2. The molecule has 0 unspecified atom stereocenters. The molecule has 1 aliphatic rings. The van der Waals surface area contributed by atoms with Crippen LogP contribution < -0.4 is 5.32 Å². The first kappa shape index (κ1) is 17.6. The number of fused-ring (bicyclic) bond motifs is 1. The van der Waals surface area contributed by atoms with Gasteiger partial charge in [0.1, 0.15) is 5.54 Å². The second kappa shape index (κ2) is 6.73. The number of H-pyrrole nitrogens is 1. The molecule has 2 N–H and O–H groups in total. The monoisotopic (exact) mass is 385 g/mol. The summed E-state index contributed by atoms with van der Waals surface area (Å²) in [7, 11) is 0. The van der Waals surface area contributed by atoms with E-state index in [1.807, 2.05) is 30.5 Å². The number of aromatic nitrogens is 3. The Hall–Kier alpha value is -2.81. The third-order valence-electron chi connectivity index (χ3n) is 4.42. The van der Waals surface area contributed by atoms with Crippen LogP contribution in [-0.2, 0) is 4.79 Å². The Balaban J connectivity index is 1.34. The van der Waals surface area contributed by atoms with Crippen molar-refractivity contribution in [2.75, 3.05) is 12.3 Å². The van der Waals surface area contributed by atoms with Gasteiger partial charge in [0.25, 0.3) is 17.0 Å². The summed E-state index contributed by atoms with van der Waals surface area (Å²) in [5.74, 6) is 0.926. The van der Waals surface area contributed by atoms with Gasteiger partial charge in [0.05, 0.1) is 5.56 Å². The fourth-order valence-electron chi connectivity index (χ4n) is 3.03. The Morgan fingerprint density at radius 3 is 2.81 bits per heavy atom. The third-order valence-corrected chi connectivity index (χ3v) is 5.33. The van der Waals surface area contributed by atoms with Crippen LogP contribution in [0.5, 0.6) is 0 Å². The molecule has 3 aromatic rings. The lowest BCUT2D eigenvalue weighted by molar-refractivity contribution is -0.130. The predicted molar refractivity (Wildman–Crippen MR) is 101 cm³/mol. The van der Waals surface area contributed by atoms with Gasteiger partial charge in [-0.3, -0.25) is 9.69 Å². The van der Waals surface area contributed by atoms with Crippen LogP contribution in [0, 0.1) is 0 Å². The maximum atomic E-state index is 12.1. The molecule has 3 heterocycles. The number of rotatable bonds is 6. The molecule has 0 aliphatic carbocycles. The average Bonchev–Trinajstić information content (AvgIpc) is 3.31. The van der Waals surface area contributed by atoms with Gasteiger partial charge in [0, 0.05) is 29.4 Å². The molecule has 1 aromatic carbocycles. The first-order chi connectivity index (χ1) is 13.0. The quantitative estimate of drug-likeness (QED) is 0.384. The van der Waals surface area contributed by atoms with Crippen LogP contribution in [0.3, 0.4) is 0 Å². The molecular formula is C18H19N5O3S. The van der Waals surface area contributed by atoms with Crippen LogP contribution in [0.15, 0.2) is 40.1 Å². The summed E-state index contributed by atoms with van der Waals surface area (Å²) in [6.45, 7) is 3.77. The molecule has 0 spiro atoms. The second-order valence-electron chi connectivity index (χ2n) is 6.84. The number of urea groups is 1. The van der Waals surface area contributed by atoms with Crippen molar-refractivity contribution in [3.63, 3.8) is 0 Å². The maximum Gasteiger partial charge on any atom is 0.325 e. The van der Waals surface area contributed by atoms with E-state index in [2.05, 4.69) is 20.5 Å². The van der Waals surface area contributed by atoms with Crippen molar-refractivity contribution in [3.8, 4) is 11.5 Å². The first-order valence-electron chi connectivity index (χ1n) is 8.62. The largest absolute Gasteiger partial charge is 0.411 e. The Morgan fingerprint density at radius 1 is 1.22 bits per heavy atom. The minimum absolute atomic E-state index is 0.197. The van der Waals surface area contributed by atoms with Crippen molar-refractivity contribution in [1.82, 2.24) is 25.4 Å². The van der Waals surface area contributed by atoms with Gasteiger partial charge in [-0.1, -0.05) is 30.0 Å². The van der Waals surface area contributed by atoms with Gasteiger partial charge >= 0.3 is 6.03 Å². The van der Waals surface area contributed by atoms with Crippen molar-refractivity contribution in [2.45, 2.75) is 31.0 Å². The number of para-hydroxylation sites is 1. The molecule has 0 saturated carbocycles. The van der Waals surface area contributed by atoms with Crippen LogP contribution in [0.25, 0.3) is 22.4 Å². The van der Waals surface area contributed by atoms with E-state index in [9.17, 15) is 9.59 Å². The minimum atomic E-state index is -0.828. The third kappa shape index (κ3) is 3.30. The number of hydrogen-bond donors (Lipinski definition) is 2. The summed E-state index contributed by atoms with van der Waals surface area (Å²) in [6.07, 6.45) is 2.50.